The number of benzene rings is 1. The van der Waals surface area contributed by atoms with Crippen LogP contribution in [0.3, 0.4) is 0 Å². The Balaban J connectivity index is 2.19. The maximum absolute atomic E-state index is 11.4. The molecule has 0 saturated carbocycles. The number of aromatic nitrogens is 1. The quantitative estimate of drug-likeness (QED) is 0.876. The van der Waals surface area contributed by atoms with E-state index in [1.54, 1.807) is 6.20 Å². The van der Waals surface area contributed by atoms with Crippen molar-refractivity contribution in [3.8, 4) is 0 Å². The molecule has 1 heterocycles. The fourth-order valence-electron chi connectivity index (χ4n) is 1.57. The van der Waals surface area contributed by atoms with E-state index in [0.29, 0.717) is 6.42 Å². The minimum atomic E-state index is -0.321. The first kappa shape index (κ1) is 10.8. The van der Waals surface area contributed by atoms with Crippen LogP contribution in [0.15, 0.2) is 41.9 Å². The number of carbonyl (C=O) groups excluding carboxylic acids is 1. The van der Waals surface area contributed by atoms with Crippen LogP contribution in [0.25, 0.3) is 0 Å². The fraction of sp³-hybridized carbons (Fsp3) is 0.167. The van der Waals surface area contributed by atoms with Gasteiger partial charge in [-0.3, -0.25) is 4.79 Å². The summed E-state index contributed by atoms with van der Waals surface area (Å²) >= 11 is 1.47. The molecule has 1 aromatic heterocycles. The molecule has 0 radical (unpaired) electrons. The van der Waals surface area contributed by atoms with Crippen molar-refractivity contribution >= 4 is 17.2 Å². The third kappa shape index (κ3) is 2.46. The second-order valence-electron chi connectivity index (χ2n) is 3.52. The van der Waals surface area contributed by atoms with Gasteiger partial charge in [0.1, 0.15) is 5.01 Å². The second-order valence-corrected chi connectivity index (χ2v) is 4.44. The Morgan fingerprint density at radius 1 is 1.38 bits per heavy atom. The largest absolute Gasteiger partial charge is 0.369 e. The van der Waals surface area contributed by atoms with Gasteiger partial charge in [-0.15, -0.1) is 11.3 Å². The van der Waals surface area contributed by atoms with E-state index < -0.39 is 0 Å². The van der Waals surface area contributed by atoms with E-state index in [0.717, 1.165) is 10.6 Å². The third-order valence-corrected chi connectivity index (χ3v) is 3.26. The second kappa shape index (κ2) is 4.90. The van der Waals surface area contributed by atoms with Crippen LogP contribution >= 0.6 is 11.3 Å². The molecule has 0 fully saturated rings. The Hall–Kier alpha value is -1.68. The Morgan fingerprint density at radius 3 is 2.69 bits per heavy atom. The van der Waals surface area contributed by atoms with Crippen LogP contribution in [-0.2, 0) is 11.2 Å². The van der Waals surface area contributed by atoms with E-state index >= 15 is 0 Å². The summed E-state index contributed by atoms with van der Waals surface area (Å²) in [7, 11) is 0. The van der Waals surface area contributed by atoms with Gasteiger partial charge in [0.2, 0.25) is 5.91 Å². The van der Waals surface area contributed by atoms with Crippen LogP contribution in [-0.4, -0.2) is 10.9 Å². The minimum Gasteiger partial charge on any atom is -0.369 e. The molecular weight excluding hydrogens is 220 g/mol. The molecule has 16 heavy (non-hydrogen) atoms. The van der Waals surface area contributed by atoms with Crippen molar-refractivity contribution in [1.29, 1.82) is 0 Å². The van der Waals surface area contributed by atoms with Crippen molar-refractivity contribution in [2.75, 3.05) is 0 Å². The molecule has 2 N–H and O–H groups in total. The molecular formula is C12H12N2OS. The molecule has 2 rings (SSSR count). The van der Waals surface area contributed by atoms with E-state index in [1.807, 2.05) is 35.7 Å². The van der Waals surface area contributed by atoms with Crippen LogP contribution in [0, 0.1) is 0 Å². The number of carbonyl (C=O) groups is 1. The predicted octanol–water partition coefficient (Wildman–Crippen LogP) is 1.95. The molecule has 0 saturated heterocycles. The molecule has 1 atom stereocenters. The molecule has 1 amide bonds. The lowest BCUT2D eigenvalue weighted by atomic mass is 9.99. The standard InChI is InChI=1S/C12H12N2OS/c13-11(15)10(12-14-6-7-16-12)8-9-4-2-1-3-5-9/h1-7,10H,8H2,(H2,13,15). The summed E-state index contributed by atoms with van der Waals surface area (Å²) in [6, 6.07) is 9.84. The number of primary amides is 1. The average Bonchev–Trinajstić information content (AvgIpc) is 2.80. The highest BCUT2D eigenvalue weighted by molar-refractivity contribution is 7.09. The normalized spacial score (nSPS) is 12.2. The highest BCUT2D eigenvalue weighted by Gasteiger charge is 2.20. The van der Waals surface area contributed by atoms with Gasteiger partial charge in [0.15, 0.2) is 0 Å². The number of hydrogen-bond donors (Lipinski definition) is 1. The van der Waals surface area contributed by atoms with Gasteiger partial charge in [-0.25, -0.2) is 4.98 Å². The molecule has 0 aliphatic rings. The van der Waals surface area contributed by atoms with E-state index in [2.05, 4.69) is 4.98 Å². The zero-order valence-electron chi connectivity index (χ0n) is 8.67. The fourth-order valence-corrected chi connectivity index (χ4v) is 2.31. The molecule has 0 aliphatic carbocycles. The van der Waals surface area contributed by atoms with Crippen molar-refractivity contribution in [3.63, 3.8) is 0 Å². The summed E-state index contributed by atoms with van der Waals surface area (Å²) in [4.78, 5) is 15.5. The summed E-state index contributed by atoms with van der Waals surface area (Å²) in [6.07, 6.45) is 2.31. The summed E-state index contributed by atoms with van der Waals surface area (Å²) < 4.78 is 0. The van der Waals surface area contributed by atoms with Crippen LogP contribution in [0.5, 0.6) is 0 Å². The molecule has 4 heteroatoms. The van der Waals surface area contributed by atoms with Gasteiger partial charge >= 0.3 is 0 Å². The van der Waals surface area contributed by atoms with E-state index in [4.69, 9.17) is 5.73 Å². The first-order valence-corrected chi connectivity index (χ1v) is 5.88. The number of hydrogen-bond acceptors (Lipinski definition) is 3. The first-order chi connectivity index (χ1) is 7.77. The summed E-state index contributed by atoms with van der Waals surface area (Å²) in [5.41, 5.74) is 6.50. The lowest BCUT2D eigenvalue weighted by Gasteiger charge is -2.10. The van der Waals surface area contributed by atoms with Crippen LogP contribution in [0.1, 0.15) is 16.5 Å². The number of rotatable bonds is 4. The van der Waals surface area contributed by atoms with E-state index in [-0.39, 0.29) is 11.8 Å². The summed E-state index contributed by atoms with van der Waals surface area (Å²) in [5.74, 6) is -0.638. The highest BCUT2D eigenvalue weighted by atomic mass is 32.1. The van der Waals surface area contributed by atoms with Gasteiger partial charge in [0.05, 0.1) is 5.92 Å². The molecule has 1 unspecified atom stereocenters. The lowest BCUT2D eigenvalue weighted by Crippen LogP contribution is -2.23. The predicted molar refractivity (Wildman–Crippen MR) is 64.2 cm³/mol. The molecule has 0 spiro atoms. The van der Waals surface area contributed by atoms with Crippen LogP contribution in [0.4, 0.5) is 0 Å². The van der Waals surface area contributed by atoms with E-state index in [9.17, 15) is 4.79 Å². The average molecular weight is 232 g/mol. The smallest absolute Gasteiger partial charge is 0.227 e. The van der Waals surface area contributed by atoms with Gasteiger partial charge in [-0.2, -0.15) is 0 Å². The Labute approximate surface area is 97.9 Å². The summed E-state index contributed by atoms with van der Waals surface area (Å²) in [5, 5.41) is 2.65. The minimum absolute atomic E-state index is 0.317. The Bertz CT molecular complexity index is 453. The number of nitrogens with zero attached hydrogens (tertiary/aromatic N) is 1. The van der Waals surface area contributed by atoms with Crippen molar-refractivity contribution in [2.45, 2.75) is 12.3 Å². The lowest BCUT2D eigenvalue weighted by molar-refractivity contribution is -0.119. The molecule has 2 aromatic rings. The van der Waals surface area contributed by atoms with E-state index in [1.165, 1.54) is 11.3 Å². The molecule has 0 aliphatic heterocycles. The topological polar surface area (TPSA) is 56.0 Å². The zero-order valence-corrected chi connectivity index (χ0v) is 9.48. The Morgan fingerprint density at radius 2 is 2.12 bits per heavy atom. The van der Waals surface area contributed by atoms with Gasteiger partial charge in [0, 0.05) is 11.6 Å². The first-order valence-electron chi connectivity index (χ1n) is 5.00. The number of thiazole rings is 1. The van der Waals surface area contributed by atoms with Gasteiger partial charge in [0.25, 0.3) is 0 Å². The number of nitrogens with two attached hydrogens (primary N) is 1. The Kier molecular flexibility index (Phi) is 3.31. The maximum Gasteiger partial charge on any atom is 0.227 e. The molecule has 0 bridgehead atoms. The highest BCUT2D eigenvalue weighted by Crippen LogP contribution is 2.22. The SMILES string of the molecule is NC(=O)C(Cc1ccccc1)c1nccs1. The third-order valence-electron chi connectivity index (χ3n) is 2.38. The maximum atomic E-state index is 11.4. The van der Waals surface area contributed by atoms with Crippen LogP contribution < -0.4 is 5.73 Å². The molecule has 3 nitrogen and oxygen atoms in total. The monoisotopic (exact) mass is 232 g/mol. The molecule has 1 aromatic carbocycles. The van der Waals surface area contributed by atoms with Crippen molar-refractivity contribution in [2.24, 2.45) is 5.73 Å². The van der Waals surface area contributed by atoms with Crippen molar-refractivity contribution < 1.29 is 4.79 Å². The van der Waals surface area contributed by atoms with Crippen LogP contribution in [0.2, 0.25) is 0 Å². The van der Waals surface area contributed by atoms with Crippen molar-refractivity contribution in [1.82, 2.24) is 4.98 Å². The van der Waals surface area contributed by atoms with Gasteiger partial charge in [-0.05, 0) is 12.0 Å². The molecule has 82 valence electrons. The summed E-state index contributed by atoms with van der Waals surface area (Å²) in [6.45, 7) is 0. The van der Waals surface area contributed by atoms with Crippen molar-refractivity contribution in [3.05, 3.63) is 52.5 Å². The van der Waals surface area contributed by atoms with Gasteiger partial charge < -0.3 is 5.73 Å². The zero-order chi connectivity index (χ0) is 11.4. The van der Waals surface area contributed by atoms with Gasteiger partial charge in [-0.1, -0.05) is 30.3 Å². The number of amides is 1.